The third kappa shape index (κ3) is 3.49. The average Bonchev–Trinajstić information content (AvgIpc) is 2.16. The van der Waals surface area contributed by atoms with Crippen LogP contribution in [-0.4, -0.2) is 37.5 Å². The average molecular weight is 212 g/mol. The van der Waals surface area contributed by atoms with E-state index < -0.39 is 0 Å². The predicted octanol–water partition coefficient (Wildman–Crippen LogP) is 1.49. The summed E-state index contributed by atoms with van der Waals surface area (Å²) in [6, 6.07) is 0.516. The van der Waals surface area contributed by atoms with Gasteiger partial charge in [-0.25, -0.2) is 0 Å². The van der Waals surface area contributed by atoms with Crippen molar-refractivity contribution < 1.29 is 4.79 Å². The van der Waals surface area contributed by atoms with Crippen LogP contribution in [0.15, 0.2) is 0 Å². The fourth-order valence-electron chi connectivity index (χ4n) is 2.45. The van der Waals surface area contributed by atoms with Crippen molar-refractivity contribution in [2.75, 3.05) is 20.6 Å². The van der Waals surface area contributed by atoms with Gasteiger partial charge in [0.15, 0.2) is 0 Å². The summed E-state index contributed by atoms with van der Waals surface area (Å²) in [6.45, 7) is 5.05. The van der Waals surface area contributed by atoms with E-state index in [0.717, 1.165) is 0 Å². The molecule has 0 radical (unpaired) electrons. The number of carbonyl (C=O) groups is 1. The van der Waals surface area contributed by atoms with E-state index in [0.29, 0.717) is 24.4 Å². The Morgan fingerprint density at radius 2 is 1.80 bits per heavy atom. The SMILES string of the molecule is C[C@@H]1CCC[C@@H](C)C1NCC(=O)N(C)C. The van der Waals surface area contributed by atoms with Gasteiger partial charge in [0.05, 0.1) is 6.54 Å². The zero-order valence-corrected chi connectivity index (χ0v) is 10.4. The number of rotatable bonds is 3. The molecule has 0 unspecified atom stereocenters. The van der Waals surface area contributed by atoms with Gasteiger partial charge in [-0.3, -0.25) is 4.79 Å². The number of likely N-dealkylation sites (N-methyl/N-ethyl adjacent to an activating group) is 1. The van der Waals surface area contributed by atoms with Crippen molar-refractivity contribution >= 4 is 5.91 Å². The number of nitrogens with one attached hydrogen (secondary N) is 1. The van der Waals surface area contributed by atoms with Gasteiger partial charge in [-0.2, -0.15) is 0 Å². The highest BCUT2D eigenvalue weighted by atomic mass is 16.2. The van der Waals surface area contributed by atoms with E-state index in [2.05, 4.69) is 19.2 Å². The molecule has 0 bridgehead atoms. The summed E-state index contributed by atoms with van der Waals surface area (Å²) in [7, 11) is 3.61. The van der Waals surface area contributed by atoms with E-state index >= 15 is 0 Å². The maximum Gasteiger partial charge on any atom is 0.236 e. The molecule has 0 aromatic heterocycles. The third-order valence-electron chi connectivity index (χ3n) is 3.53. The molecule has 1 fully saturated rings. The van der Waals surface area contributed by atoms with Crippen LogP contribution in [0.25, 0.3) is 0 Å². The minimum atomic E-state index is 0.167. The van der Waals surface area contributed by atoms with Gasteiger partial charge < -0.3 is 10.2 Å². The second kappa shape index (κ2) is 5.50. The standard InChI is InChI=1S/C12H24N2O/c1-9-6-5-7-10(2)12(9)13-8-11(15)14(3)4/h9-10,12-13H,5-8H2,1-4H3/t9-,10-/m1/s1. The van der Waals surface area contributed by atoms with Gasteiger partial charge >= 0.3 is 0 Å². The number of amides is 1. The van der Waals surface area contributed by atoms with Crippen molar-refractivity contribution in [3.05, 3.63) is 0 Å². The van der Waals surface area contributed by atoms with Gasteiger partial charge in [0.25, 0.3) is 0 Å². The molecule has 0 saturated heterocycles. The fourth-order valence-corrected chi connectivity index (χ4v) is 2.45. The van der Waals surface area contributed by atoms with Gasteiger partial charge in [-0.05, 0) is 24.7 Å². The van der Waals surface area contributed by atoms with Crippen molar-refractivity contribution in [3.8, 4) is 0 Å². The van der Waals surface area contributed by atoms with Crippen LogP contribution in [0.3, 0.4) is 0 Å². The Morgan fingerprint density at radius 3 is 2.27 bits per heavy atom. The van der Waals surface area contributed by atoms with Crippen molar-refractivity contribution in [1.82, 2.24) is 10.2 Å². The summed E-state index contributed by atoms with van der Waals surface area (Å²) in [5, 5.41) is 3.41. The number of nitrogens with zero attached hydrogens (tertiary/aromatic N) is 1. The summed E-state index contributed by atoms with van der Waals surface area (Å²) in [5.74, 6) is 1.56. The number of hydrogen-bond acceptors (Lipinski definition) is 2. The minimum absolute atomic E-state index is 0.167. The lowest BCUT2D eigenvalue weighted by Gasteiger charge is -2.35. The molecule has 1 aliphatic rings. The molecule has 2 atom stereocenters. The molecule has 15 heavy (non-hydrogen) atoms. The molecule has 88 valence electrons. The zero-order valence-electron chi connectivity index (χ0n) is 10.4. The number of hydrogen-bond donors (Lipinski definition) is 1. The normalized spacial score (nSPS) is 27.7. The third-order valence-corrected chi connectivity index (χ3v) is 3.53. The molecule has 0 aromatic rings. The molecule has 0 spiro atoms. The van der Waals surface area contributed by atoms with E-state index in [4.69, 9.17) is 0 Å². The van der Waals surface area contributed by atoms with Crippen LogP contribution in [0, 0.1) is 11.8 Å². The van der Waals surface area contributed by atoms with Crippen molar-refractivity contribution in [2.45, 2.75) is 39.2 Å². The highest BCUT2D eigenvalue weighted by Crippen LogP contribution is 2.28. The molecule has 1 N–H and O–H groups in total. The largest absolute Gasteiger partial charge is 0.348 e. The van der Waals surface area contributed by atoms with Crippen LogP contribution in [0.5, 0.6) is 0 Å². The first-order valence-electron chi connectivity index (χ1n) is 5.96. The summed E-state index contributed by atoms with van der Waals surface area (Å²) in [5.41, 5.74) is 0. The molecule has 0 heterocycles. The predicted molar refractivity (Wildman–Crippen MR) is 62.7 cm³/mol. The maximum absolute atomic E-state index is 11.5. The minimum Gasteiger partial charge on any atom is -0.348 e. The van der Waals surface area contributed by atoms with Crippen LogP contribution in [0.4, 0.5) is 0 Å². The Bertz CT molecular complexity index is 206. The van der Waals surface area contributed by atoms with Gasteiger partial charge in [-0.15, -0.1) is 0 Å². The maximum atomic E-state index is 11.5. The second-order valence-corrected chi connectivity index (χ2v) is 5.08. The van der Waals surface area contributed by atoms with Crippen molar-refractivity contribution in [2.24, 2.45) is 11.8 Å². The van der Waals surface area contributed by atoms with Gasteiger partial charge in [0.1, 0.15) is 0 Å². The van der Waals surface area contributed by atoms with Gasteiger partial charge in [-0.1, -0.05) is 20.3 Å². The van der Waals surface area contributed by atoms with Gasteiger partial charge in [0.2, 0.25) is 5.91 Å². The summed E-state index contributed by atoms with van der Waals surface area (Å²) in [6.07, 6.45) is 3.92. The van der Waals surface area contributed by atoms with E-state index in [-0.39, 0.29) is 5.91 Å². The van der Waals surface area contributed by atoms with E-state index in [1.165, 1.54) is 19.3 Å². The summed E-state index contributed by atoms with van der Waals surface area (Å²) < 4.78 is 0. The monoisotopic (exact) mass is 212 g/mol. The van der Waals surface area contributed by atoms with Crippen LogP contribution >= 0.6 is 0 Å². The Kier molecular flexibility index (Phi) is 4.58. The summed E-state index contributed by atoms with van der Waals surface area (Å²) >= 11 is 0. The zero-order chi connectivity index (χ0) is 11.4. The first-order chi connectivity index (χ1) is 7.02. The van der Waals surface area contributed by atoms with Crippen LogP contribution in [0.2, 0.25) is 0 Å². The van der Waals surface area contributed by atoms with E-state index in [1.807, 2.05) is 0 Å². The first-order valence-corrected chi connectivity index (χ1v) is 5.96. The quantitative estimate of drug-likeness (QED) is 0.768. The molecule has 1 amide bonds. The lowest BCUT2D eigenvalue weighted by atomic mass is 9.79. The van der Waals surface area contributed by atoms with Crippen LogP contribution in [-0.2, 0) is 4.79 Å². The van der Waals surface area contributed by atoms with E-state index in [9.17, 15) is 4.79 Å². The molecule has 1 rings (SSSR count). The molecule has 3 heteroatoms. The molecular weight excluding hydrogens is 188 g/mol. The Morgan fingerprint density at radius 1 is 1.27 bits per heavy atom. The first kappa shape index (κ1) is 12.5. The molecule has 0 aromatic carbocycles. The summed E-state index contributed by atoms with van der Waals surface area (Å²) in [4.78, 5) is 13.1. The highest BCUT2D eigenvalue weighted by Gasteiger charge is 2.27. The Hall–Kier alpha value is -0.570. The smallest absolute Gasteiger partial charge is 0.236 e. The molecule has 3 nitrogen and oxygen atoms in total. The highest BCUT2D eigenvalue weighted by molar-refractivity contribution is 5.77. The Labute approximate surface area is 93.2 Å². The van der Waals surface area contributed by atoms with Crippen LogP contribution in [0.1, 0.15) is 33.1 Å². The lowest BCUT2D eigenvalue weighted by Crippen LogP contribution is -2.46. The fraction of sp³-hybridized carbons (Fsp3) is 0.917. The second-order valence-electron chi connectivity index (χ2n) is 5.08. The molecule has 1 saturated carbocycles. The number of carbonyl (C=O) groups excluding carboxylic acids is 1. The van der Waals surface area contributed by atoms with Crippen molar-refractivity contribution in [1.29, 1.82) is 0 Å². The molecular formula is C12H24N2O. The van der Waals surface area contributed by atoms with Crippen molar-refractivity contribution in [3.63, 3.8) is 0 Å². The topological polar surface area (TPSA) is 32.3 Å². The molecule has 1 aliphatic carbocycles. The lowest BCUT2D eigenvalue weighted by molar-refractivity contribution is -0.128. The van der Waals surface area contributed by atoms with E-state index in [1.54, 1.807) is 19.0 Å². The molecule has 0 aliphatic heterocycles. The Balaban J connectivity index is 2.38. The van der Waals surface area contributed by atoms with Gasteiger partial charge in [0, 0.05) is 20.1 Å². The van der Waals surface area contributed by atoms with Crippen LogP contribution < -0.4 is 5.32 Å².